The molecule has 0 saturated heterocycles. The van der Waals surface area contributed by atoms with Gasteiger partial charge in [0, 0.05) is 12.7 Å². The highest BCUT2D eigenvalue weighted by molar-refractivity contribution is 6.32. The van der Waals surface area contributed by atoms with Gasteiger partial charge < -0.3 is 5.73 Å². The second-order valence-electron chi connectivity index (χ2n) is 4.79. The van der Waals surface area contributed by atoms with Gasteiger partial charge in [0.25, 0.3) is 0 Å². The first kappa shape index (κ1) is 11.4. The molecule has 0 unspecified atom stereocenters. The van der Waals surface area contributed by atoms with Gasteiger partial charge in [-0.1, -0.05) is 32.4 Å². The fourth-order valence-electron chi connectivity index (χ4n) is 1.30. The van der Waals surface area contributed by atoms with Crippen LogP contribution in [0.25, 0.3) is 0 Å². The van der Waals surface area contributed by atoms with E-state index in [-0.39, 0.29) is 0 Å². The molecule has 1 aromatic rings. The van der Waals surface area contributed by atoms with E-state index in [4.69, 9.17) is 17.3 Å². The number of nitrogens with two attached hydrogens (primary N) is 1. The Bertz CT molecular complexity index is 279. The number of rotatable bonds is 3. The smallest absolute Gasteiger partial charge is 0.164 e. The molecular formula is C10H18ClN3. The van der Waals surface area contributed by atoms with Crippen molar-refractivity contribution in [3.63, 3.8) is 0 Å². The Morgan fingerprint density at radius 2 is 2.14 bits per heavy atom. The van der Waals surface area contributed by atoms with E-state index in [0.717, 1.165) is 13.0 Å². The minimum absolute atomic E-state index is 0.377. The van der Waals surface area contributed by atoms with Crippen molar-refractivity contribution >= 4 is 17.4 Å². The highest BCUT2D eigenvalue weighted by Crippen LogP contribution is 2.21. The molecule has 0 saturated carbocycles. The summed E-state index contributed by atoms with van der Waals surface area (Å²) >= 11 is 5.79. The fourth-order valence-corrected chi connectivity index (χ4v) is 1.45. The highest BCUT2D eigenvalue weighted by atomic mass is 35.5. The van der Waals surface area contributed by atoms with E-state index in [2.05, 4.69) is 25.9 Å². The maximum atomic E-state index is 5.79. The van der Waals surface area contributed by atoms with E-state index in [9.17, 15) is 0 Å². The number of aryl methyl sites for hydroxylation is 1. The molecule has 0 amide bonds. The number of nitrogens with zero attached hydrogens (tertiary/aromatic N) is 2. The molecule has 0 aliphatic rings. The van der Waals surface area contributed by atoms with Gasteiger partial charge in [0.05, 0.1) is 0 Å². The molecule has 0 spiro atoms. The molecule has 0 aromatic carbocycles. The molecule has 1 heterocycles. The SMILES string of the molecule is CC(C)(C)CCCn1cc(Cl)c(N)n1. The Labute approximate surface area is 90.2 Å². The van der Waals surface area contributed by atoms with E-state index in [0.29, 0.717) is 16.3 Å². The molecule has 0 aliphatic carbocycles. The molecule has 0 radical (unpaired) electrons. The summed E-state index contributed by atoms with van der Waals surface area (Å²) in [5.74, 6) is 0.419. The average Bonchev–Trinajstić information content (AvgIpc) is 2.28. The Kier molecular flexibility index (Phi) is 3.43. The third-order valence-corrected chi connectivity index (χ3v) is 2.35. The van der Waals surface area contributed by atoms with Crippen molar-refractivity contribution in [1.29, 1.82) is 0 Å². The van der Waals surface area contributed by atoms with Crippen LogP contribution in [0.3, 0.4) is 0 Å². The average molecular weight is 216 g/mol. The summed E-state index contributed by atoms with van der Waals surface area (Å²) in [7, 11) is 0. The van der Waals surface area contributed by atoms with Crippen LogP contribution in [0.4, 0.5) is 5.82 Å². The Balaban J connectivity index is 2.39. The van der Waals surface area contributed by atoms with Crippen LogP contribution in [0.2, 0.25) is 5.02 Å². The Morgan fingerprint density at radius 1 is 1.50 bits per heavy atom. The molecule has 0 bridgehead atoms. The van der Waals surface area contributed by atoms with Crippen molar-refractivity contribution in [2.75, 3.05) is 5.73 Å². The zero-order valence-electron chi connectivity index (χ0n) is 9.05. The van der Waals surface area contributed by atoms with Crippen LogP contribution in [0, 0.1) is 5.41 Å². The molecule has 1 aromatic heterocycles. The van der Waals surface area contributed by atoms with E-state index in [1.165, 1.54) is 6.42 Å². The molecule has 4 heteroatoms. The van der Waals surface area contributed by atoms with Crippen LogP contribution < -0.4 is 5.73 Å². The molecule has 3 nitrogen and oxygen atoms in total. The number of hydrogen-bond acceptors (Lipinski definition) is 2. The summed E-state index contributed by atoms with van der Waals surface area (Å²) < 4.78 is 1.81. The fraction of sp³-hybridized carbons (Fsp3) is 0.700. The predicted octanol–water partition coefficient (Wildman–Crippen LogP) is 2.95. The van der Waals surface area contributed by atoms with Crippen molar-refractivity contribution in [3.8, 4) is 0 Å². The van der Waals surface area contributed by atoms with Crippen molar-refractivity contribution in [1.82, 2.24) is 9.78 Å². The van der Waals surface area contributed by atoms with Crippen molar-refractivity contribution in [2.24, 2.45) is 5.41 Å². The molecule has 1 rings (SSSR count). The van der Waals surface area contributed by atoms with Crippen LogP contribution in [-0.2, 0) is 6.54 Å². The molecule has 2 N–H and O–H groups in total. The van der Waals surface area contributed by atoms with Gasteiger partial charge in [0.2, 0.25) is 0 Å². The minimum atomic E-state index is 0.377. The Hall–Kier alpha value is -0.700. The van der Waals surface area contributed by atoms with E-state index < -0.39 is 0 Å². The summed E-state index contributed by atoms with van der Waals surface area (Å²) in [6, 6.07) is 0. The summed E-state index contributed by atoms with van der Waals surface area (Å²) in [6.07, 6.45) is 4.05. The van der Waals surface area contributed by atoms with Gasteiger partial charge in [-0.2, -0.15) is 5.10 Å². The van der Waals surface area contributed by atoms with E-state index >= 15 is 0 Å². The normalized spacial score (nSPS) is 12.0. The van der Waals surface area contributed by atoms with Gasteiger partial charge in [-0.25, -0.2) is 0 Å². The van der Waals surface area contributed by atoms with Crippen LogP contribution in [-0.4, -0.2) is 9.78 Å². The third-order valence-electron chi connectivity index (χ3n) is 2.06. The first-order chi connectivity index (χ1) is 6.38. The minimum Gasteiger partial charge on any atom is -0.381 e. The van der Waals surface area contributed by atoms with Crippen molar-refractivity contribution < 1.29 is 0 Å². The standard InChI is InChI=1S/C10H18ClN3/c1-10(2,3)5-4-6-14-7-8(11)9(12)13-14/h7H,4-6H2,1-3H3,(H2,12,13). The third kappa shape index (κ3) is 3.58. The summed E-state index contributed by atoms with van der Waals surface area (Å²) in [6.45, 7) is 7.58. The lowest BCUT2D eigenvalue weighted by Crippen LogP contribution is -2.07. The van der Waals surface area contributed by atoms with Gasteiger partial charge in [-0.15, -0.1) is 0 Å². The number of anilines is 1. The summed E-state index contributed by atoms with van der Waals surface area (Å²) in [5.41, 5.74) is 5.91. The van der Waals surface area contributed by atoms with Crippen LogP contribution in [0.15, 0.2) is 6.20 Å². The summed E-state index contributed by atoms with van der Waals surface area (Å²) in [4.78, 5) is 0. The zero-order chi connectivity index (χ0) is 10.8. The van der Waals surface area contributed by atoms with Gasteiger partial charge >= 0.3 is 0 Å². The number of halogens is 1. The van der Waals surface area contributed by atoms with Crippen LogP contribution in [0.5, 0.6) is 0 Å². The predicted molar refractivity (Wildman–Crippen MR) is 60.3 cm³/mol. The number of aromatic nitrogens is 2. The number of nitrogen functional groups attached to an aromatic ring is 1. The van der Waals surface area contributed by atoms with E-state index in [1.54, 1.807) is 6.20 Å². The largest absolute Gasteiger partial charge is 0.381 e. The monoisotopic (exact) mass is 215 g/mol. The van der Waals surface area contributed by atoms with Gasteiger partial charge in [0.1, 0.15) is 5.02 Å². The highest BCUT2D eigenvalue weighted by Gasteiger charge is 2.10. The Morgan fingerprint density at radius 3 is 2.57 bits per heavy atom. The second kappa shape index (κ2) is 4.22. The lowest BCUT2D eigenvalue weighted by atomic mass is 9.91. The molecular weight excluding hydrogens is 198 g/mol. The van der Waals surface area contributed by atoms with E-state index in [1.807, 2.05) is 4.68 Å². The lowest BCUT2D eigenvalue weighted by Gasteiger charge is -2.17. The second-order valence-corrected chi connectivity index (χ2v) is 5.20. The van der Waals surface area contributed by atoms with Gasteiger partial charge in [-0.05, 0) is 18.3 Å². The topological polar surface area (TPSA) is 43.8 Å². The first-order valence-electron chi connectivity index (χ1n) is 4.87. The maximum Gasteiger partial charge on any atom is 0.164 e. The molecule has 0 fully saturated rings. The van der Waals surface area contributed by atoms with Gasteiger partial charge in [-0.3, -0.25) is 4.68 Å². The lowest BCUT2D eigenvalue weighted by molar-refractivity contribution is 0.349. The summed E-state index contributed by atoms with van der Waals surface area (Å²) in [5, 5.41) is 4.63. The van der Waals surface area contributed by atoms with Crippen LogP contribution >= 0.6 is 11.6 Å². The zero-order valence-corrected chi connectivity index (χ0v) is 9.80. The maximum absolute atomic E-state index is 5.79. The molecule has 80 valence electrons. The van der Waals surface area contributed by atoms with Crippen molar-refractivity contribution in [3.05, 3.63) is 11.2 Å². The molecule has 14 heavy (non-hydrogen) atoms. The first-order valence-corrected chi connectivity index (χ1v) is 5.25. The van der Waals surface area contributed by atoms with Crippen LogP contribution in [0.1, 0.15) is 33.6 Å². The molecule has 0 atom stereocenters. The number of hydrogen-bond donors (Lipinski definition) is 1. The molecule has 0 aliphatic heterocycles. The van der Waals surface area contributed by atoms with Gasteiger partial charge in [0.15, 0.2) is 5.82 Å². The quantitative estimate of drug-likeness (QED) is 0.843. The van der Waals surface area contributed by atoms with Crippen molar-refractivity contribution in [2.45, 2.75) is 40.2 Å².